The van der Waals surface area contributed by atoms with Crippen LogP contribution in [-0.4, -0.2) is 0 Å². The first-order valence-corrected chi connectivity index (χ1v) is 10.9. The van der Waals surface area contributed by atoms with Gasteiger partial charge in [0.25, 0.3) is 0 Å². The maximum Gasteiger partial charge on any atom is 0.0943 e. The topological polar surface area (TPSA) is 9.23 Å². The molecule has 132 valence electrons. The number of halogens is 2. The lowest BCUT2D eigenvalue weighted by atomic mass is 9.86. The molecule has 2 aromatic rings. The molecule has 0 spiro atoms. The van der Waals surface area contributed by atoms with E-state index in [2.05, 4.69) is 80.4 Å². The van der Waals surface area contributed by atoms with Gasteiger partial charge in [0.15, 0.2) is 0 Å². The van der Waals surface area contributed by atoms with Gasteiger partial charge in [-0.2, -0.15) is 0 Å². The first-order chi connectivity index (χ1) is 12.1. The fourth-order valence-corrected chi connectivity index (χ4v) is 5.20. The Morgan fingerprint density at radius 3 is 1.20 bits per heavy atom. The highest BCUT2D eigenvalue weighted by Gasteiger charge is 2.47. The Balaban J connectivity index is 1.72. The summed E-state index contributed by atoms with van der Waals surface area (Å²) in [4.78, 5) is 0. The fraction of sp³-hybridized carbons (Fsp3) is 0.455. The van der Waals surface area contributed by atoms with Crippen molar-refractivity contribution in [1.29, 1.82) is 0 Å². The van der Waals surface area contributed by atoms with Gasteiger partial charge in [-0.15, -0.1) is 0 Å². The van der Waals surface area contributed by atoms with E-state index in [9.17, 15) is 0 Å². The number of benzene rings is 2. The van der Waals surface area contributed by atoms with E-state index in [-0.39, 0.29) is 11.2 Å². The maximum absolute atomic E-state index is 7.17. The van der Waals surface area contributed by atoms with Gasteiger partial charge in [-0.3, -0.25) is 0 Å². The molecule has 2 aliphatic carbocycles. The molecule has 0 saturated heterocycles. The molecule has 0 unspecified atom stereocenters. The van der Waals surface area contributed by atoms with Crippen molar-refractivity contribution >= 4 is 31.9 Å². The molecular weight excluding hydrogens is 440 g/mol. The molecule has 2 aromatic carbocycles. The van der Waals surface area contributed by atoms with E-state index in [0.29, 0.717) is 0 Å². The van der Waals surface area contributed by atoms with Crippen molar-refractivity contribution in [2.24, 2.45) is 0 Å². The monoisotopic (exact) mass is 462 g/mol. The van der Waals surface area contributed by atoms with Gasteiger partial charge in [0.1, 0.15) is 0 Å². The van der Waals surface area contributed by atoms with E-state index in [1.807, 2.05) is 0 Å². The summed E-state index contributed by atoms with van der Waals surface area (Å²) in [6.07, 6.45) is 9.55. The van der Waals surface area contributed by atoms with Crippen LogP contribution in [0.3, 0.4) is 0 Å². The first kappa shape index (κ1) is 17.8. The van der Waals surface area contributed by atoms with E-state index in [1.54, 1.807) is 0 Å². The average molecular weight is 464 g/mol. The zero-order valence-corrected chi connectivity index (χ0v) is 17.6. The Labute approximate surface area is 167 Å². The molecule has 0 radical (unpaired) electrons. The van der Waals surface area contributed by atoms with Crippen LogP contribution >= 0.6 is 31.9 Å². The fourth-order valence-electron chi connectivity index (χ4n) is 4.67. The SMILES string of the molecule is Brc1ccc(C2(OC3(c4ccc(Br)cc4)CCCC3)CCCC2)cc1. The molecular formula is C22H24Br2O. The van der Waals surface area contributed by atoms with Gasteiger partial charge in [-0.05, 0) is 61.1 Å². The van der Waals surface area contributed by atoms with Crippen molar-refractivity contribution in [1.82, 2.24) is 0 Å². The van der Waals surface area contributed by atoms with Gasteiger partial charge in [-0.25, -0.2) is 0 Å². The van der Waals surface area contributed by atoms with Crippen LogP contribution in [0, 0.1) is 0 Å². The molecule has 2 aliphatic rings. The predicted molar refractivity (Wildman–Crippen MR) is 110 cm³/mol. The van der Waals surface area contributed by atoms with Crippen LogP contribution in [0.5, 0.6) is 0 Å². The van der Waals surface area contributed by atoms with Crippen molar-refractivity contribution in [2.75, 3.05) is 0 Å². The zero-order chi connectivity index (χ0) is 17.3. The lowest BCUT2D eigenvalue weighted by Crippen LogP contribution is -2.38. The third-order valence-electron chi connectivity index (χ3n) is 5.95. The molecule has 4 rings (SSSR count). The van der Waals surface area contributed by atoms with Crippen LogP contribution in [-0.2, 0) is 15.9 Å². The molecule has 1 nitrogen and oxygen atoms in total. The second-order valence-corrected chi connectivity index (χ2v) is 9.35. The van der Waals surface area contributed by atoms with Crippen molar-refractivity contribution < 1.29 is 4.74 Å². The molecule has 0 heterocycles. The second kappa shape index (κ2) is 7.17. The van der Waals surface area contributed by atoms with Crippen LogP contribution in [0.25, 0.3) is 0 Å². The second-order valence-electron chi connectivity index (χ2n) is 7.52. The summed E-state index contributed by atoms with van der Waals surface area (Å²) in [5.74, 6) is 0. The summed E-state index contributed by atoms with van der Waals surface area (Å²) in [5, 5.41) is 0. The molecule has 25 heavy (non-hydrogen) atoms. The molecule has 0 N–H and O–H groups in total. The van der Waals surface area contributed by atoms with Crippen LogP contribution in [0.4, 0.5) is 0 Å². The Morgan fingerprint density at radius 2 is 0.880 bits per heavy atom. The Hall–Kier alpha value is -0.640. The normalized spacial score (nSPS) is 21.5. The minimum absolute atomic E-state index is 0.127. The van der Waals surface area contributed by atoms with E-state index in [1.165, 1.54) is 36.8 Å². The van der Waals surface area contributed by atoms with Crippen LogP contribution in [0.2, 0.25) is 0 Å². The minimum Gasteiger partial charge on any atom is -0.359 e. The third kappa shape index (κ3) is 3.48. The minimum atomic E-state index is -0.127. The van der Waals surface area contributed by atoms with Crippen molar-refractivity contribution in [3.05, 3.63) is 68.6 Å². The number of hydrogen-bond donors (Lipinski definition) is 0. The number of hydrogen-bond acceptors (Lipinski definition) is 1. The Morgan fingerprint density at radius 1 is 0.560 bits per heavy atom. The van der Waals surface area contributed by atoms with Crippen molar-refractivity contribution in [3.8, 4) is 0 Å². The van der Waals surface area contributed by atoms with E-state index < -0.39 is 0 Å². The summed E-state index contributed by atoms with van der Waals surface area (Å²) in [7, 11) is 0. The molecule has 0 aromatic heterocycles. The van der Waals surface area contributed by atoms with Gasteiger partial charge in [-0.1, -0.05) is 81.8 Å². The smallest absolute Gasteiger partial charge is 0.0943 e. The summed E-state index contributed by atoms with van der Waals surface area (Å²) in [6, 6.07) is 17.6. The quantitative estimate of drug-likeness (QED) is 0.456. The first-order valence-electron chi connectivity index (χ1n) is 9.34. The average Bonchev–Trinajstić information content (AvgIpc) is 3.27. The van der Waals surface area contributed by atoms with E-state index in [4.69, 9.17) is 4.74 Å². The van der Waals surface area contributed by atoms with Crippen molar-refractivity contribution in [2.45, 2.75) is 62.6 Å². The molecule has 0 atom stereocenters. The predicted octanol–water partition coefficient (Wildman–Crippen LogP) is 7.47. The highest BCUT2D eigenvalue weighted by Crippen LogP contribution is 2.52. The van der Waals surface area contributed by atoms with Gasteiger partial charge >= 0.3 is 0 Å². The molecule has 2 saturated carbocycles. The van der Waals surface area contributed by atoms with E-state index >= 15 is 0 Å². The highest BCUT2D eigenvalue weighted by molar-refractivity contribution is 9.10. The molecule has 0 bridgehead atoms. The Kier molecular flexibility index (Phi) is 5.09. The molecule has 2 fully saturated rings. The van der Waals surface area contributed by atoms with Crippen molar-refractivity contribution in [3.63, 3.8) is 0 Å². The maximum atomic E-state index is 7.17. The van der Waals surface area contributed by atoms with E-state index in [0.717, 1.165) is 34.6 Å². The highest BCUT2D eigenvalue weighted by atomic mass is 79.9. The van der Waals surface area contributed by atoms with Gasteiger partial charge in [0.2, 0.25) is 0 Å². The van der Waals surface area contributed by atoms with Gasteiger partial charge in [0.05, 0.1) is 11.2 Å². The van der Waals surface area contributed by atoms with Gasteiger partial charge in [0, 0.05) is 8.95 Å². The number of rotatable bonds is 4. The third-order valence-corrected chi connectivity index (χ3v) is 7.01. The summed E-state index contributed by atoms with van der Waals surface area (Å²) < 4.78 is 9.43. The standard InChI is InChI=1S/C22H24Br2O/c23-19-9-5-17(6-10-19)21(13-1-2-14-21)25-22(15-3-4-16-22)18-7-11-20(24)12-8-18/h5-12H,1-4,13-16H2. The summed E-state index contributed by atoms with van der Waals surface area (Å²) in [6.45, 7) is 0. The largest absolute Gasteiger partial charge is 0.359 e. The lowest BCUT2D eigenvalue weighted by molar-refractivity contribution is -0.164. The molecule has 0 aliphatic heterocycles. The van der Waals surface area contributed by atoms with Crippen LogP contribution in [0.15, 0.2) is 57.5 Å². The Bertz CT molecular complexity index is 645. The zero-order valence-electron chi connectivity index (χ0n) is 14.4. The van der Waals surface area contributed by atoms with Crippen LogP contribution in [0.1, 0.15) is 62.5 Å². The summed E-state index contributed by atoms with van der Waals surface area (Å²) >= 11 is 7.14. The number of ether oxygens (including phenoxy) is 1. The molecule has 0 amide bonds. The summed E-state index contributed by atoms with van der Waals surface area (Å²) in [5.41, 5.74) is 2.43. The lowest BCUT2D eigenvalue weighted by Gasteiger charge is -2.41. The van der Waals surface area contributed by atoms with Gasteiger partial charge < -0.3 is 4.74 Å². The van der Waals surface area contributed by atoms with Crippen LogP contribution < -0.4 is 0 Å². The molecule has 3 heteroatoms.